The number of imide groups is 1. The summed E-state index contributed by atoms with van der Waals surface area (Å²) in [5.41, 5.74) is 2.80. The first-order valence-electron chi connectivity index (χ1n) is 13.5. The van der Waals surface area contributed by atoms with Gasteiger partial charge in [0.05, 0.1) is 25.3 Å². The predicted octanol–water partition coefficient (Wildman–Crippen LogP) is 1.75. The van der Waals surface area contributed by atoms with Crippen molar-refractivity contribution in [3.63, 3.8) is 0 Å². The number of nitrogens with zero attached hydrogens (tertiary/aromatic N) is 4. The molecule has 0 radical (unpaired) electrons. The number of nitrogens with two attached hydrogens (primary N) is 1. The highest BCUT2D eigenvalue weighted by Crippen LogP contribution is 2.36. The summed E-state index contributed by atoms with van der Waals surface area (Å²) in [6.45, 7) is -0.917. The molecule has 1 aromatic heterocycles. The van der Waals surface area contributed by atoms with Crippen LogP contribution in [-0.2, 0) is 32.1 Å². The number of hydrogen-bond acceptors (Lipinski definition) is 7. The van der Waals surface area contributed by atoms with Crippen LogP contribution in [0.2, 0.25) is 0 Å². The summed E-state index contributed by atoms with van der Waals surface area (Å²) in [6.07, 6.45) is -3.74. The van der Waals surface area contributed by atoms with Crippen LogP contribution in [0.15, 0.2) is 42.6 Å². The number of urea groups is 1. The second-order valence-electron chi connectivity index (χ2n) is 11.2. The second-order valence-corrected chi connectivity index (χ2v) is 11.2. The first-order valence-corrected chi connectivity index (χ1v) is 13.5. The van der Waals surface area contributed by atoms with Gasteiger partial charge < -0.3 is 25.6 Å². The van der Waals surface area contributed by atoms with E-state index in [4.69, 9.17) is 10.5 Å². The van der Waals surface area contributed by atoms with E-state index in [2.05, 4.69) is 10.3 Å². The van der Waals surface area contributed by atoms with Gasteiger partial charge in [0.25, 0.3) is 5.91 Å². The maximum atomic E-state index is 14.1. The molecule has 2 fully saturated rings. The Balaban J connectivity index is 1.61. The number of ether oxygens (including phenoxy) is 1. The van der Waals surface area contributed by atoms with Crippen LogP contribution in [0.4, 0.5) is 26.7 Å². The van der Waals surface area contributed by atoms with Gasteiger partial charge in [-0.3, -0.25) is 24.3 Å². The van der Waals surface area contributed by atoms with Gasteiger partial charge in [-0.25, -0.2) is 13.6 Å². The first kappa shape index (κ1) is 32.7. The van der Waals surface area contributed by atoms with Crippen molar-refractivity contribution in [2.45, 2.75) is 50.2 Å². The fourth-order valence-electron chi connectivity index (χ4n) is 5.06. The Kier molecular flexibility index (Phi) is 9.25. The number of benzene rings is 1. The SMILES string of the molecule is CC(C)(N)C(=O)N[C@H](COCc1ccc(F)cc1F)C(=O)N1CCN2C(=O)N(CC(F)(F)F)C(=O)[C@]2(Cc2ccccn2)C1. The van der Waals surface area contributed by atoms with Crippen LogP contribution in [-0.4, -0.2) is 99.5 Å². The van der Waals surface area contributed by atoms with E-state index >= 15 is 0 Å². The van der Waals surface area contributed by atoms with Crippen LogP contribution in [0.1, 0.15) is 25.1 Å². The molecular formula is C28H31F5N6O5. The summed E-state index contributed by atoms with van der Waals surface area (Å²) in [5.74, 6) is -4.37. The molecule has 2 atom stereocenters. The number of amides is 5. The van der Waals surface area contributed by atoms with Crippen molar-refractivity contribution in [2.24, 2.45) is 5.73 Å². The van der Waals surface area contributed by atoms with Gasteiger partial charge in [-0.2, -0.15) is 13.2 Å². The molecule has 2 aromatic rings. The second kappa shape index (κ2) is 12.4. The Morgan fingerprint density at radius 1 is 1.14 bits per heavy atom. The lowest BCUT2D eigenvalue weighted by atomic mass is 9.88. The monoisotopic (exact) mass is 626 g/mol. The van der Waals surface area contributed by atoms with Gasteiger partial charge >= 0.3 is 12.2 Å². The van der Waals surface area contributed by atoms with Crippen molar-refractivity contribution in [1.29, 1.82) is 0 Å². The summed E-state index contributed by atoms with van der Waals surface area (Å²) in [5, 5.41) is 2.47. The molecule has 0 bridgehead atoms. The summed E-state index contributed by atoms with van der Waals surface area (Å²) >= 11 is 0. The maximum Gasteiger partial charge on any atom is 0.406 e. The molecule has 16 heteroatoms. The zero-order chi connectivity index (χ0) is 32.4. The molecule has 0 spiro atoms. The van der Waals surface area contributed by atoms with Crippen molar-refractivity contribution in [3.8, 4) is 0 Å². The quantitative estimate of drug-likeness (QED) is 0.303. The van der Waals surface area contributed by atoms with E-state index in [0.717, 1.165) is 21.9 Å². The molecule has 3 heterocycles. The highest BCUT2D eigenvalue weighted by atomic mass is 19.4. The number of pyridine rings is 1. The number of carbonyl (C=O) groups excluding carboxylic acids is 4. The Hall–Kier alpha value is -4.18. The largest absolute Gasteiger partial charge is 0.406 e. The number of rotatable bonds is 10. The Morgan fingerprint density at radius 3 is 2.48 bits per heavy atom. The Bertz CT molecular complexity index is 1420. The number of hydrogen-bond donors (Lipinski definition) is 2. The number of nitrogens with one attached hydrogen (secondary N) is 1. The van der Waals surface area contributed by atoms with E-state index in [1.807, 2.05) is 0 Å². The van der Waals surface area contributed by atoms with E-state index in [0.29, 0.717) is 11.8 Å². The normalized spacial score (nSPS) is 19.7. The molecule has 3 N–H and O–H groups in total. The number of alkyl halides is 3. The third-order valence-electron chi connectivity index (χ3n) is 7.26. The zero-order valence-electron chi connectivity index (χ0n) is 23.9. The molecule has 2 aliphatic heterocycles. The van der Waals surface area contributed by atoms with E-state index in [1.54, 1.807) is 12.1 Å². The van der Waals surface area contributed by atoms with Gasteiger partial charge in [0.1, 0.15) is 29.8 Å². The lowest BCUT2D eigenvalue weighted by Crippen LogP contribution is -2.67. The lowest BCUT2D eigenvalue weighted by molar-refractivity contribution is -0.157. The van der Waals surface area contributed by atoms with E-state index in [-0.39, 0.29) is 30.0 Å². The molecule has 1 aromatic carbocycles. The van der Waals surface area contributed by atoms with Crippen molar-refractivity contribution in [1.82, 2.24) is 25.0 Å². The van der Waals surface area contributed by atoms with E-state index < -0.39 is 85.0 Å². The predicted molar refractivity (Wildman–Crippen MR) is 143 cm³/mol. The molecule has 44 heavy (non-hydrogen) atoms. The van der Waals surface area contributed by atoms with Crippen molar-refractivity contribution in [2.75, 3.05) is 32.8 Å². The highest BCUT2D eigenvalue weighted by molar-refractivity contribution is 6.08. The van der Waals surface area contributed by atoms with E-state index in [1.165, 1.54) is 26.1 Å². The topological polar surface area (TPSA) is 138 Å². The molecule has 2 aliphatic rings. The molecule has 11 nitrogen and oxygen atoms in total. The van der Waals surface area contributed by atoms with Gasteiger partial charge in [0.15, 0.2) is 0 Å². The standard InChI is InChI=1S/C28H31F5N6O5/c1-26(2,34)23(41)36-21(14-44-13-17-6-7-18(29)11-20(17)30)22(40)37-9-10-39-25(43)38(16-28(31,32)33)24(42)27(39,15-37)12-19-5-3-4-8-35-19/h3-8,11,21H,9-10,12-16,34H2,1-2H3,(H,36,41)/t21-,27+/m1/s1. The van der Waals surface area contributed by atoms with Gasteiger partial charge in [0.2, 0.25) is 11.8 Å². The van der Waals surface area contributed by atoms with Crippen LogP contribution in [0.25, 0.3) is 0 Å². The molecule has 5 amide bonds. The highest BCUT2D eigenvalue weighted by Gasteiger charge is 2.61. The Morgan fingerprint density at radius 2 is 1.86 bits per heavy atom. The van der Waals surface area contributed by atoms with Gasteiger partial charge in [-0.05, 0) is 32.0 Å². The molecule has 0 unspecified atom stereocenters. The fraction of sp³-hybridized carbons (Fsp3) is 0.464. The summed E-state index contributed by atoms with van der Waals surface area (Å²) in [7, 11) is 0. The lowest BCUT2D eigenvalue weighted by Gasteiger charge is -2.45. The van der Waals surface area contributed by atoms with Crippen molar-refractivity contribution >= 4 is 23.8 Å². The molecular weight excluding hydrogens is 595 g/mol. The number of carbonyl (C=O) groups is 4. The van der Waals surface area contributed by atoms with E-state index in [9.17, 15) is 41.1 Å². The van der Waals surface area contributed by atoms with Crippen LogP contribution in [0.5, 0.6) is 0 Å². The minimum atomic E-state index is -4.87. The first-order chi connectivity index (χ1) is 20.5. The molecule has 0 saturated carbocycles. The Labute approximate surface area is 249 Å². The number of aromatic nitrogens is 1. The number of piperazine rings is 1. The van der Waals surface area contributed by atoms with Gasteiger partial charge in [0, 0.05) is 43.0 Å². The summed E-state index contributed by atoms with van der Waals surface area (Å²) < 4.78 is 73.0. The van der Waals surface area contributed by atoms with Gasteiger partial charge in [-0.1, -0.05) is 12.1 Å². The minimum Gasteiger partial charge on any atom is -0.374 e. The average Bonchev–Trinajstić information content (AvgIpc) is 3.13. The zero-order valence-corrected chi connectivity index (χ0v) is 23.9. The van der Waals surface area contributed by atoms with Crippen LogP contribution in [0.3, 0.4) is 0 Å². The molecule has 0 aliphatic carbocycles. The van der Waals surface area contributed by atoms with Gasteiger partial charge in [-0.15, -0.1) is 0 Å². The minimum absolute atomic E-state index is 0.0224. The van der Waals surface area contributed by atoms with Crippen molar-refractivity contribution in [3.05, 3.63) is 65.5 Å². The average molecular weight is 627 g/mol. The van der Waals surface area contributed by atoms with Crippen molar-refractivity contribution < 1.29 is 45.9 Å². The molecule has 238 valence electrons. The molecule has 4 rings (SSSR count). The number of fused-ring (bicyclic) bond motifs is 1. The maximum absolute atomic E-state index is 14.1. The third-order valence-corrected chi connectivity index (χ3v) is 7.26. The fourth-order valence-corrected chi connectivity index (χ4v) is 5.06. The number of halogens is 5. The molecule has 2 saturated heterocycles. The van der Waals surface area contributed by atoms with Crippen LogP contribution >= 0.6 is 0 Å². The third kappa shape index (κ3) is 7.13. The smallest absolute Gasteiger partial charge is 0.374 e. The summed E-state index contributed by atoms with van der Waals surface area (Å²) in [6, 6.07) is 4.99. The summed E-state index contributed by atoms with van der Waals surface area (Å²) in [4.78, 5) is 59.7. The van der Waals surface area contributed by atoms with Crippen LogP contribution in [0, 0.1) is 11.6 Å². The van der Waals surface area contributed by atoms with Crippen LogP contribution < -0.4 is 11.1 Å².